The van der Waals surface area contributed by atoms with Crippen LogP contribution in [-0.2, 0) is 0 Å². The Morgan fingerprint density at radius 2 is 2.40 bits per heavy atom. The molecule has 1 heterocycles. The summed E-state index contributed by atoms with van der Waals surface area (Å²) >= 11 is 4.34. The molecule has 56 valence electrons. The fourth-order valence-electron chi connectivity index (χ4n) is 0.682. The average molecular weight is 157 g/mol. The summed E-state index contributed by atoms with van der Waals surface area (Å²) in [7, 11) is 0. The molecule has 0 aromatic heterocycles. The van der Waals surface area contributed by atoms with E-state index in [1.54, 1.807) is 0 Å². The Balaban J connectivity index is 2.93. The van der Waals surface area contributed by atoms with Crippen LogP contribution in [0.3, 0.4) is 0 Å². The van der Waals surface area contributed by atoms with Crippen LogP contribution in [0.25, 0.3) is 0 Å². The number of nitrogens with zero attached hydrogens (tertiary/aromatic N) is 2. The molecule has 1 aliphatic rings. The van der Waals surface area contributed by atoms with Gasteiger partial charge in [0.05, 0.1) is 4.75 Å². The van der Waals surface area contributed by atoms with Crippen molar-refractivity contribution in [2.45, 2.75) is 24.8 Å². The molecule has 0 aliphatic carbocycles. The molecular formula is C6H11N3S. The Morgan fingerprint density at radius 1 is 1.80 bits per heavy atom. The van der Waals surface area contributed by atoms with Gasteiger partial charge in [-0.25, -0.2) is 4.99 Å². The number of rotatable bonds is 0. The molecule has 0 aromatic rings. The van der Waals surface area contributed by atoms with E-state index >= 15 is 0 Å². The van der Waals surface area contributed by atoms with Crippen molar-refractivity contribution in [1.82, 2.24) is 0 Å². The molecule has 0 fully saturated rings. The van der Waals surface area contributed by atoms with Crippen LogP contribution in [0.1, 0.15) is 13.8 Å². The van der Waals surface area contributed by atoms with Gasteiger partial charge in [-0.2, -0.15) is 12.6 Å². The molecular weight excluding hydrogens is 146 g/mol. The summed E-state index contributed by atoms with van der Waals surface area (Å²) in [4.78, 5) is 7.92. The van der Waals surface area contributed by atoms with E-state index in [9.17, 15) is 0 Å². The second-order valence-electron chi connectivity index (χ2n) is 2.57. The average Bonchev–Trinajstić information content (AvgIpc) is 1.84. The molecule has 10 heavy (non-hydrogen) atoms. The van der Waals surface area contributed by atoms with Gasteiger partial charge in [0.25, 0.3) is 0 Å². The second kappa shape index (κ2) is 2.36. The van der Waals surface area contributed by atoms with Crippen LogP contribution >= 0.6 is 12.6 Å². The Morgan fingerprint density at radius 3 is 2.80 bits per heavy atom. The lowest BCUT2D eigenvalue weighted by molar-refractivity contribution is 0.627. The van der Waals surface area contributed by atoms with Gasteiger partial charge in [-0.05, 0) is 13.8 Å². The van der Waals surface area contributed by atoms with Gasteiger partial charge in [-0.1, -0.05) is 0 Å². The van der Waals surface area contributed by atoms with Crippen LogP contribution < -0.4 is 5.73 Å². The van der Waals surface area contributed by atoms with Crippen LogP contribution in [0.15, 0.2) is 9.98 Å². The maximum atomic E-state index is 5.65. The molecule has 0 amide bonds. The van der Waals surface area contributed by atoms with E-state index in [0.717, 1.165) is 5.71 Å². The summed E-state index contributed by atoms with van der Waals surface area (Å²) in [5.74, 6) is 0. The fourth-order valence-corrected chi connectivity index (χ4v) is 0.806. The zero-order valence-corrected chi connectivity index (χ0v) is 6.97. The van der Waals surface area contributed by atoms with Crippen molar-refractivity contribution >= 4 is 24.7 Å². The molecule has 0 saturated heterocycles. The molecule has 2 atom stereocenters. The lowest BCUT2D eigenvalue weighted by atomic mass is 10.0. The monoisotopic (exact) mass is 157 g/mol. The third-order valence-corrected chi connectivity index (χ3v) is 2.38. The van der Waals surface area contributed by atoms with E-state index in [4.69, 9.17) is 5.73 Å². The summed E-state index contributed by atoms with van der Waals surface area (Å²) < 4.78 is -0.380. The summed E-state index contributed by atoms with van der Waals surface area (Å²) in [6.07, 6.45) is 1.21. The van der Waals surface area contributed by atoms with E-state index in [0.29, 0.717) is 0 Å². The molecule has 0 saturated carbocycles. The van der Waals surface area contributed by atoms with Gasteiger partial charge < -0.3 is 5.73 Å². The second-order valence-corrected chi connectivity index (χ2v) is 3.50. The Hall–Kier alpha value is -0.350. The lowest BCUT2D eigenvalue weighted by Gasteiger charge is -2.29. The first-order valence-electron chi connectivity index (χ1n) is 3.09. The molecule has 4 heteroatoms. The first kappa shape index (κ1) is 7.75. The summed E-state index contributed by atoms with van der Waals surface area (Å²) in [6, 6.07) is 0. The molecule has 1 rings (SSSR count). The quantitative estimate of drug-likeness (QED) is 0.493. The molecule has 0 radical (unpaired) electrons. The molecule has 0 spiro atoms. The molecule has 2 N–H and O–H groups in total. The molecule has 1 aliphatic heterocycles. The highest BCUT2D eigenvalue weighted by molar-refractivity contribution is 7.82. The predicted octanol–water partition coefficient (Wildman–Crippen LogP) is 0.462. The third kappa shape index (κ3) is 1.09. The normalized spacial score (nSPS) is 39.6. The minimum atomic E-state index is -0.380. The fraction of sp³-hybridized carbons (Fsp3) is 0.667. The van der Waals surface area contributed by atoms with Crippen molar-refractivity contribution in [3.05, 3.63) is 0 Å². The number of hydrogen-bond acceptors (Lipinski definition) is 4. The third-order valence-electron chi connectivity index (χ3n) is 1.79. The topological polar surface area (TPSA) is 50.7 Å². The number of nitrogens with two attached hydrogens (primary N) is 1. The van der Waals surface area contributed by atoms with Gasteiger partial charge in [-0.15, -0.1) is 0 Å². The van der Waals surface area contributed by atoms with E-state index < -0.39 is 0 Å². The van der Waals surface area contributed by atoms with Crippen molar-refractivity contribution in [2.24, 2.45) is 15.7 Å². The van der Waals surface area contributed by atoms with Crippen molar-refractivity contribution < 1.29 is 0 Å². The Labute approximate surface area is 65.8 Å². The highest BCUT2D eigenvalue weighted by Crippen LogP contribution is 2.22. The predicted molar refractivity (Wildman–Crippen MR) is 47.0 cm³/mol. The maximum Gasteiger partial charge on any atom is 0.118 e. The smallest absolute Gasteiger partial charge is 0.118 e. The largest absolute Gasteiger partial charge is 0.308 e. The molecule has 0 bridgehead atoms. The van der Waals surface area contributed by atoms with Gasteiger partial charge in [0.1, 0.15) is 12.5 Å². The zero-order valence-electron chi connectivity index (χ0n) is 6.07. The van der Waals surface area contributed by atoms with E-state index in [2.05, 4.69) is 22.6 Å². The van der Waals surface area contributed by atoms with E-state index in [-0.39, 0.29) is 10.9 Å². The van der Waals surface area contributed by atoms with Crippen molar-refractivity contribution in [3.8, 4) is 0 Å². The molecule has 0 aromatic carbocycles. The van der Waals surface area contributed by atoms with Crippen molar-refractivity contribution in [1.29, 1.82) is 0 Å². The molecule has 3 nitrogen and oxygen atoms in total. The summed E-state index contributed by atoms with van der Waals surface area (Å²) in [5.41, 5.74) is 6.56. The van der Waals surface area contributed by atoms with Crippen LogP contribution in [0.4, 0.5) is 0 Å². The Bertz CT molecular complexity index is 195. The summed E-state index contributed by atoms with van der Waals surface area (Å²) in [6.45, 7) is 3.81. The number of aliphatic imine (C=N–C) groups is 2. The van der Waals surface area contributed by atoms with Gasteiger partial charge >= 0.3 is 0 Å². The van der Waals surface area contributed by atoms with Crippen LogP contribution in [0.5, 0.6) is 0 Å². The minimum Gasteiger partial charge on any atom is -0.308 e. The van der Waals surface area contributed by atoms with E-state index in [1.807, 2.05) is 13.8 Å². The van der Waals surface area contributed by atoms with Crippen LogP contribution in [0, 0.1) is 0 Å². The van der Waals surface area contributed by atoms with Gasteiger partial charge in [0.15, 0.2) is 0 Å². The highest BCUT2D eigenvalue weighted by Gasteiger charge is 2.31. The minimum absolute atomic E-state index is 0.270. The first-order chi connectivity index (χ1) is 4.55. The van der Waals surface area contributed by atoms with Gasteiger partial charge in [0.2, 0.25) is 0 Å². The highest BCUT2D eigenvalue weighted by atomic mass is 32.1. The Kier molecular flexibility index (Phi) is 1.83. The van der Waals surface area contributed by atoms with Crippen LogP contribution in [-0.4, -0.2) is 23.0 Å². The summed E-state index contributed by atoms with van der Waals surface area (Å²) in [5, 5.41) is 0. The standard InChI is InChI=1S/C6H11N3S/c1-4-6(2,10)5(7)9-3-8-4/h3,5,10H,7H2,1-2H3. The number of thiol groups is 1. The maximum absolute atomic E-state index is 5.65. The van der Waals surface area contributed by atoms with Gasteiger partial charge in [0, 0.05) is 5.71 Å². The molecule has 2 unspecified atom stereocenters. The van der Waals surface area contributed by atoms with Gasteiger partial charge in [-0.3, -0.25) is 4.99 Å². The van der Waals surface area contributed by atoms with Crippen LogP contribution in [0.2, 0.25) is 0 Å². The lowest BCUT2D eigenvalue weighted by Crippen LogP contribution is -2.46. The zero-order chi connectivity index (χ0) is 7.78. The van der Waals surface area contributed by atoms with Crippen molar-refractivity contribution in [3.63, 3.8) is 0 Å². The van der Waals surface area contributed by atoms with E-state index in [1.165, 1.54) is 6.34 Å². The first-order valence-corrected chi connectivity index (χ1v) is 3.54. The number of hydrogen-bond donors (Lipinski definition) is 2. The van der Waals surface area contributed by atoms with Crippen molar-refractivity contribution in [2.75, 3.05) is 0 Å². The SMILES string of the molecule is CC1=NC=NC(N)C1(C)S.